The lowest BCUT2D eigenvalue weighted by molar-refractivity contribution is -0.286. The maximum Gasteiger partial charge on any atom is 0.586 e. The Kier molecular flexibility index (Phi) is 1.82. The molecule has 0 saturated carbocycles. The lowest BCUT2D eigenvalue weighted by Gasteiger charge is -2.05. The molecular formula is C9H6F2O4. The van der Waals surface area contributed by atoms with Gasteiger partial charge in [0.1, 0.15) is 5.56 Å². The zero-order chi connectivity index (χ0) is 11.2. The summed E-state index contributed by atoms with van der Waals surface area (Å²) < 4.78 is 33.6. The van der Waals surface area contributed by atoms with Crippen molar-refractivity contribution in [2.24, 2.45) is 0 Å². The summed E-state index contributed by atoms with van der Waals surface area (Å²) in [6.07, 6.45) is -3.79. The third-order valence-electron chi connectivity index (χ3n) is 1.88. The molecule has 0 radical (unpaired) electrons. The highest BCUT2D eigenvalue weighted by Crippen LogP contribution is 2.43. The second-order valence-corrected chi connectivity index (χ2v) is 3.11. The summed E-state index contributed by atoms with van der Waals surface area (Å²) >= 11 is 0. The number of carbonyl (C=O) groups is 1. The van der Waals surface area contributed by atoms with Gasteiger partial charge in [-0.2, -0.15) is 0 Å². The van der Waals surface area contributed by atoms with Gasteiger partial charge in [0.15, 0.2) is 11.5 Å². The number of halogens is 2. The maximum atomic E-state index is 12.7. The van der Waals surface area contributed by atoms with Gasteiger partial charge in [-0.3, -0.25) is 0 Å². The molecule has 0 bridgehead atoms. The van der Waals surface area contributed by atoms with E-state index in [4.69, 9.17) is 5.11 Å². The number of carboxylic acids is 1. The van der Waals surface area contributed by atoms with Crippen LogP contribution in [0, 0.1) is 6.92 Å². The largest absolute Gasteiger partial charge is 0.586 e. The zero-order valence-corrected chi connectivity index (χ0v) is 7.58. The minimum Gasteiger partial charge on any atom is -0.478 e. The third-order valence-corrected chi connectivity index (χ3v) is 1.88. The van der Waals surface area contributed by atoms with Crippen molar-refractivity contribution in [3.63, 3.8) is 0 Å². The van der Waals surface area contributed by atoms with Gasteiger partial charge in [0, 0.05) is 0 Å². The van der Waals surface area contributed by atoms with Crippen molar-refractivity contribution in [1.29, 1.82) is 0 Å². The van der Waals surface area contributed by atoms with Gasteiger partial charge in [0.05, 0.1) is 0 Å². The first-order chi connectivity index (χ1) is 6.89. The summed E-state index contributed by atoms with van der Waals surface area (Å²) in [5.41, 5.74) is 0.176. The molecule has 1 aliphatic rings. The predicted octanol–water partition coefficient (Wildman–Crippen LogP) is 2.01. The molecule has 80 valence electrons. The summed E-state index contributed by atoms with van der Waals surface area (Å²) in [5, 5.41) is 8.76. The summed E-state index contributed by atoms with van der Waals surface area (Å²) in [6.45, 7) is 1.58. The average Bonchev–Trinajstić information content (AvgIpc) is 2.36. The normalized spacial score (nSPS) is 16.5. The molecule has 6 heteroatoms. The molecule has 0 amide bonds. The molecule has 0 unspecified atom stereocenters. The number of rotatable bonds is 1. The molecule has 0 atom stereocenters. The third kappa shape index (κ3) is 1.58. The Morgan fingerprint density at radius 2 is 2.07 bits per heavy atom. The number of fused-ring (bicyclic) bond motifs is 1. The summed E-state index contributed by atoms with van der Waals surface area (Å²) in [4.78, 5) is 10.7. The van der Waals surface area contributed by atoms with E-state index in [2.05, 4.69) is 9.47 Å². The van der Waals surface area contributed by atoms with Crippen LogP contribution in [0.3, 0.4) is 0 Å². The number of alkyl halides is 2. The number of aromatic carboxylic acids is 1. The van der Waals surface area contributed by atoms with Crippen LogP contribution < -0.4 is 9.47 Å². The van der Waals surface area contributed by atoms with E-state index >= 15 is 0 Å². The van der Waals surface area contributed by atoms with E-state index in [1.54, 1.807) is 6.92 Å². The van der Waals surface area contributed by atoms with Crippen LogP contribution in [0.4, 0.5) is 8.78 Å². The molecule has 1 N–H and O–H groups in total. The van der Waals surface area contributed by atoms with Crippen molar-refractivity contribution in [2.45, 2.75) is 13.2 Å². The van der Waals surface area contributed by atoms with Crippen LogP contribution in [-0.2, 0) is 0 Å². The number of ether oxygens (including phenoxy) is 2. The van der Waals surface area contributed by atoms with Crippen LogP contribution in [0.25, 0.3) is 0 Å². The Labute approximate surface area is 83.0 Å². The SMILES string of the molecule is Cc1cc2c(c(C(=O)O)c1)OC(F)(F)O2. The Morgan fingerprint density at radius 1 is 1.40 bits per heavy atom. The number of benzene rings is 1. The van der Waals surface area contributed by atoms with Crippen LogP contribution in [0.2, 0.25) is 0 Å². The van der Waals surface area contributed by atoms with E-state index in [9.17, 15) is 13.6 Å². The molecule has 0 saturated heterocycles. The van der Waals surface area contributed by atoms with Crippen molar-refractivity contribution in [1.82, 2.24) is 0 Å². The van der Waals surface area contributed by atoms with Crippen LogP contribution in [-0.4, -0.2) is 17.4 Å². The van der Waals surface area contributed by atoms with Crippen LogP contribution in [0.1, 0.15) is 15.9 Å². The topological polar surface area (TPSA) is 55.8 Å². The second kappa shape index (κ2) is 2.82. The fourth-order valence-electron chi connectivity index (χ4n) is 1.35. The van der Waals surface area contributed by atoms with Gasteiger partial charge in [-0.05, 0) is 24.6 Å². The van der Waals surface area contributed by atoms with E-state index in [-0.39, 0.29) is 11.3 Å². The minimum absolute atomic E-state index is 0.252. The van der Waals surface area contributed by atoms with E-state index in [0.717, 1.165) is 0 Å². The van der Waals surface area contributed by atoms with Crippen molar-refractivity contribution >= 4 is 5.97 Å². The van der Waals surface area contributed by atoms with Gasteiger partial charge in [-0.1, -0.05) is 0 Å². The minimum atomic E-state index is -3.79. The van der Waals surface area contributed by atoms with E-state index in [1.165, 1.54) is 12.1 Å². The molecule has 0 fully saturated rings. The van der Waals surface area contributed by atoms with Crippen LogP contribution in [0.15, 0.2) is 12.1 Å². The van der Waals surface area contributed by atoms with Crippen LogP contribution in [0.5, 0.6) is 11.5 Å². The summed E-state index contributed by atoms with van der Waals surface area (Å²) in [5.74, 6) is -2.02. The monoisotopic (exact) mass is 216 g/mol. The molecule has 0 spiro atoms. The predicted molar refractivity (Wildman–Crippen MR) is 44.3 cm³/mol. The highest BCUT2D eigenvalue weighted by atomic mass is 19.3. The molecule has 4 nitrogen and oxygen atoms in total. The molecule has 1 aliphatic heterocycles. The van der Waals surface area contributed by atoms with Gasteiger partial charge in [-0.15, -0.1) is 8.78 Å². The lowest BCUT2D eigenvalue weighted by atomic mass is 10.1. The summed E-state index contributed by atoms with van der Waals surface area (Å²) in [6, 6.07) is 2.54. The molecule has 1 heterocycles. The number of aryl methyl sites for hydroxylation is 1. The standard InChI is InChI=1S/C9H6F2O4/c1-4-2-5(8(12)13)7-6(3-4)14-9(10,11)15-7/h2-3H,1H3,(H,12,13). The smallest absolute Gasteiger partial charge is 0.478 e. The highest BCUT2D eigenvalue weighted by Gasteiger charge is 2.45. The molecule has 0 aromatic heterocycles. The first-order valence-corrected chi connectivity index (χ1v) is 4.03. The average molecular weight is 216 g/mol. The van der Waals surface area contributed by atoms with E-state index < -0.39 is 18.0 Å². The van der Waals surface area contributed by atoms with E-state index in [0.29, 0.717) is 5.56 Å². The first-order valence-electron chi connectivity index (χ1n) is 4.03. The van der Waals surface area contributed by atoms with Crippen LogP contribution >= 0.6 is 0 Å². The molecule has 0 aliphatic carbocycles. The lowest BCUT2D eigenvalue weighted by Crippen LogP contribution is -2.26. The van der Waals surface area contributed by atoms with Crippen molar-refractivity contribution < 1.29 is 28.2 Å². The second-order valence-electron chi connectivity index (χ2n) is 3.11. The summed E-state index contributed by atoms with van der Waals surface area (Å²) in [7, 11) is 0. The van der Waals surface area contributed by atoms with Gasteiger partial charge in [0.2, 0.25) is 0 Å². The molecule has 2 rings (SSSR count). The van der Waals surface area contributed by atoms with Crippen molar-refractivity contribution in [3.05, 3.63) is 23.3 Å². The highest BCUT2D eigenvalue weighted by molar-refractivity contribution is 5.92. The molecular weight excluding hydrogens is 210 g/mol. The Bertz CT molecular complexity index is 442. The Morgan fingerprint density at radius 3 is 2.67 bits per heavy atom. The Balaban J connectivity index is 2.58. The zero-order valence-electron chi connectivity index (χ0n) is 7.58. The van der Waals surface area contributed by atoms with Crippen molar-refractivity contribution in [3.8, 4) is 11.5 Å². The number of hydrogen-bond donors (Lipinski definition) is 1. The van der Waals surface area contributed by atoms with Gasteiger partial charge < -0.3 is 14.6 Å². The van der Waals surface area contributed by atoms with Gasteiger partial charge in [0.25, 0.3) is 0 Å². The molecule has 1 aromatic carbocycles. The quantitative estimate of drug-likeness (QED) is 0.780. The molecule has 15 heavy (non-hydrogen) atoms. The van der Waals surface area contributed by atoms with E-state index in [1.807, 2.05) is 0 Å². The maximum absolute atomic E-state index is 12.7. The first kappa shape index (κ1) is 9.70. The Hall–Kier alpha value is -1.85. The number of carboxylic acid groups (broad SMARTS) is 1. The van der Waals surface area contributed by atoms with Gasteiger partial charge >= 0.3 is 12.3 Å². The van der Waals surface area contributed by atoms with Gasteiger partial charge in [-0.25, -0.2) is 4.79 Å². The number of hydrogen-bond acceptors (Lipinski definition) is 3. The van der Waals surface area contributed by atoms with Crippen molar-refractivity contribution in [2.75, 3.05) is 0 Å². The fraction of sp³-hybridized carbons (Fsp3) is 0.222. The fourth-order valence-corrected chi connectivity index (χ4v) is 1.35. The molecule has 1 aromatic rings.